The zero-order chi connectivity index (χ0) is 19.5. The Hall–Kier alpha value is -2.93. The average Bonchev–Trinajstić information content (AvgIpc) is 2.72. The zero-order valence-corrected chi connectivity index (χ0v) is 16.1. The molecule has 144 valence electrons. The fraction of sp³-hybridized carbons (Fsp3) is 0.300. The second-order valence-electron chi connectivity index (χ2n) is 6.89. The highest BCUT2D eigenvalue weighted by Crippen LogP contribution is 2.26. The fourth-order valence-electron chi connectivity index (χ4n) is 3.58. The van der Waals surface area contributed by atoms with Gasteiger partial charge in [-0.15, -0.1) is 0 Å². The van der Waals surface area contributed by atoms with Gasteiger partial charge in [0.25, 0.3) is 0 Å². The van der Waals surface area contributed by atoms with Gasteiger partial charge in [-0.3, -0.25) is 4.79 Å². The Bertz CT molecular complexity index is 1000. The molecule has 0 bridgehead atoms. The molecule has 1 fully saturated rings. The Morgan fingerprint density at radius 1 is 1.21 bits per heavy atom. The molecule has 1 aliphatic heterocycles. The maximum Gasteiger partial charge on any atom is 0.220 e. The van der Waals surface area contributed by atoms with Gasteiger partial charge in [-0.25, -0.2) is 15.0 Å². The third kappa shape index (κ3) is 3.84. The Labute approximate surface area is 167 Å². The Morgan fingerprint density at radius 2 is 2.04 bits per heavy atom. The van der Waals surface area contributed by atoms with Crippen LogP contribution in [0.1, 0.15) is 18.4 Å². The third-order valence-corrected chi connectivity index (χ3v) is 5.34. The van der Waals surface area contributed by atoms with Crippen LogP contribution < -0.4 is 16.0 Å². The number of pyridine rings is 1. The molecule has 28 heavy (non-hydrogen) atoms. The van der Waals surface area contributed by atoms with Gasteiger partial charge in [0, 0.05) is 47.7 Å². The lowest BCUT2D eigenvalue weighted by Crippen LogP contribution is -2.39. The van der Waals surface area contributed by atoms with Crippen LogP contribution in [0, 0.1) is 5.92 Å². The number of anilines is 2. The summed E-state index contributed by atoms with van der Waals surface area (Å²) in [5, 5.41) is 4.96. The number of rotatable bonds is 5. The first-order chi connectivity index (χ1) is 13.6. The summed E-state index contributed by atoms with van der Waals surface area (Å²) in [7, 11) is 0. The van der Waals surface area contributed by atoms with Crippen molar-refractivity contribution in [1.29, 1.82) is 0 Å². The lowest BCUT2D eigenvalue weighted by molar-refractivity contribution is -0.122. The van der Waals surface area contributed by atoms with Gasteiger partial charge in [0.15, 0.2) is 0 Å². The number of amides is 1. The number of benzene rings is 1. The van der Waals surface area contributed by atoms with Gasteiger partial charge < -0.3 is 16.0 Å². The highest BCUT2D eigenvalue weighted by molar-refractivity contribution is 6.31. The molecule has 2 aromatic heterocycles. The average molecular weight is 397 g/mol. The number of piperidine rings is 1. The molecule has 1 aromatic carbocycles. The Morgan fingerprint density at radius 3 is 2.82 bits per heavy atom. The van der Waals surface area contributed by atoms with Gasteiger partial charge in [-0.1, -0.05) is 17.7 Å². The third-order valence-electron chi connectivity index (χ3n) is 5.11. The van der Waals surface area contributed by atoms with Crippen molar-refractivity contribution < 1.29 is 4.79 Å². The number of carbonyl (C=O) groups is 1. The fourth-order valence-corrected chi connectivity index (χ4v) is 3.75. The van der Waals surface area contributed by atoms with Gasteiger partial charge in [0.1, 0.15) is 18.0 Å². The highest BCUT2D eigenvalue weighted by atomic mass is 35.5. The molecule has 3 N–H and O–H groups in total. The van der Waals surface area contributed by atoms with E-state index < -0.39 is 0 Å². The van der Waals surface area contributed by atoms with Crippen molar-refractivity contribution in [1.82, 2.24) is 15.0 Å². The Balaban J connectivity index is 1.52. The molecular weight excluding hydrogens is 376 g/mol. The van der Waals surface area contributed by atoms with Crippen LogP contribution >= 0.6 is 11.6 Å². The molecule has 3 aromatic rings. The van der Waals surface area contributed by atoms with E-state index in [-0.39, 0.29) is 11.8 Å². The molecule has 0 saturated carbocycles. The molecule has 0 spiro atoms. The monoisotopic (exact) mass is 396 g/mol. The molecule has 8 heteroatoms. The molecule has 0 unspecified atom stereocenters. The lowest BCUT2D eigenvalue weighted by Gasteiger charge is -2.32. The zero-order valence-electron chi connectivity index (χ0n) is 15.3. The van der Waals surface area contributed by atoms with Crippen molar-refractivity contribution in [2.75, 3.05) is 23.3 Å². The molecular formula is C20H21ClN6O. The number of hydrogen-bond acceptors (Lipinski definition) is 6. The molecule has 3 heterocycles. The summed E-state index contributed by atoms with van der Waals surface area (Å²) in [6.45, 7) is 2.12. The number of halogens is 1. The second kappa shape index (κ2) is 7.98. The van der Waals surface area contributed by atoms with Gasteiger partial charge >= 0.3 is 0 Å². The van der Waals surface area contributed by atoms with E-state index in [0.717, 1.165) is 54.0 Å². The summed E-state index contributed by atoms with van der Waals surface area (Å²) in [5.41, 5.74) is 7.31. The van der Waals surface area contributed by atoms with Crippen LogP contribution in [-0.4, -0.2) is 33.9 Å². The maximum absolute atomic E-state index is 11.4. The summed E-state index contributed by atoms with van der Waals surface area (Å²) in [5.74, 6) is 1.43. The minimum atomic E-state index is -0.210. The predicted octanol–water partition coefficient (Wildman–Crippen LogP) is 2.99. The molecule has 4 rings (SSSR count). The minimum Gasteiger partial charge on any atom is -0.369 e. The summed E-state index contributed by atoms with van der Waals surface area (Å²) in [4.78, 5) is 26.9. The number of fused-ring (bicyclic) bond motifs is 1. The number of primary amides is 1. The van der Waals surface area contributed by atoms with Crippen molar-refractivity contribution in [3.05, 3.63) is 53.4 Å². The summed E-state index contributed by atoms with van der Waals surface area (Å²) < 4.78 is 0. The van der Waals surface area contributed by atoms with Crippen molar-refractivity contribution in [3.63, 3.8) is 0 Å². The van der Waals surface area contributed by atoms with Gasteiger partial charge in [0.05, 0.1) is 5.52 Å². The van der Waals surface area contributed by atoms with Crippen LogP contribution in [0.4, 0.5) is 11.6 Å². The normalized spacial score (nSPS) is 15.0. The lowest BCUT2D eigenvalue weighted by atomic mass is 9.96. The van der Waals surface area contributed by atoms with E-state index in [1.54, 1.807) is 6.20 Å². The van der Waals surface area contributed by atoms with E-state index >= 15 is 0 Å². The molecule has 1 aliphatic rings. The van der Waals surface area contributed by atoms with E-state index in [1.807, 2.05) is 24.3 Å². The number of nitrogens with zero attached hydrogens (tertiary/aromatic N) is 4. The van der Waals surface area contributed by atoms with Crippen molar-refractivity contribution in [2.24, 2.45) is 11.7 Å². The largest absolute Gasteiger partial charge is 0.369 e. The first kappa shape index (κ1) is 18.4. The number of nitrogens with one attached hydrogen (secondary N) is 1. The quantitative estimate of drug-likeness (QED) is 0.688. The van der Waals surface area contributed by atoms with Crippen LogP contribution in [-0.2, 0) is 11.3 Å². The van der Waals surface area contributed by atoms with Crippen LogP contribution in [0.2, 0.25) is 5.02 Å². The van der Waals surface area contributed by atoms with Crippen molar-refractivity contribution >= 4 is 40.0 Å². The van der Waals surface area contributed by atoms with E-state index in [2.05, 4.69) is 31.2 Å². The number of aromatic nitrogens is 3. The summed E-state index contributed by atoms with van der Waals surface area (Å²) in [6.07, 6.45) is 4.84. The summed E-state index contributed by atoms with van der Waals surface area (Å²) >= 11 is 6.06. The van der Waals surface area contributed by atoms with Crippen molar-refractivity contribution in [2.45, 2.75) is 19.4 Å². The first-order valence-corrected chi connectivity index (χ1v) is 9.62. The number of hydrogen-bond donors (Lipinski definition) is 2. The van der Waals surface area contributed by atoms with Crippen LogP contribution in [0.3, 0.4) is 0 Å². The van der Waals surface area contributed by atoms with Gasteiger partial charge in [-0.2, -0.15) is 0 Å². The van der Waals surface area contributed by atoms with Crippen LogP contribution in [0.25, 0.3) is 10.9 Å². The topological polar surface area (TPSA) is 97.0 Å². The summed E-state index contributed by atoms with van der Waals surface area (Å²) in [6, 6.07) is 9.54. The highest BCUT2D eigenvalue weighted by Gasteiger charge is 2.24. The second-order valence-corrected chi connectivity index (χ2v) is 7.32. The molecule has 0 aliphatic carbocycles. The first-order valence-electron chi connectivity index (χ1n) is 9.24. The molecule has 1 saturated heterocycles. The standard InChI is InChI=1S/C20H21ClN6O/c21-15-3-4-16-17(10-15)25-12-26-19(16)24-11-14-2-1-7-23-20(14)27-8-5-13(6-9-27)18(22)28/h1-4,7,10,12-13H,5-6,8-9,11H2,(H2,22,28)(H,24,25,26). The SMILES string of the molecule is NC(=O)C1CCN(c2ncccc2CNc2ncnc3cc(Cl)ccc23)CC1. The maximum atomic E-state index is 11.4. The van der Waals surface area contributed by atoms with Crippen LogP contribution in [0.15, 0.2) is 42.9 Å². The van der Waals surface area contributed by atoms with Crippen LogP contribution in [0.5, 0.6) is 0 Å². The van der Waals surface area contributed by atoms with Gasteiger partial charge in [-0.05, 0) is 37.1 Å². The van der Waals surface area contributed by atoms with E-state index in [1.165, 1.54) is 6.33 Å². The van der Waals surface area contributed by atoms with Gasteiger partial charge in [0.2, 0.25) is 5.91 Å². The van der Waals surface area contributed by atoms with Crippen molar-refractivity contribution in [3.8, 4) is 0 Å². The minimum absolute atomic E-state index is 0.0410. The Kier molecular flexibility index (Phi) is 5.25. The van der Waals surface area contributed by atoms with E-state index in [9.17, 15) is 4.79 Å². The molecule has 7 nitrogen and oxygen atoms in total. The molecule has 1 amide bonds. The smallest absolute Gasteiger partial charge is 0.220 e. The number of carbonyl (C=O) groups excluding carboxylic acids is 1. The van der Waals surface area contributed by atoms with E-state index in [4.69, 9.17) is 17.3 Å². The molecule has 0 atom stereocenters. The van der Waals surface area contributed by atoms with E-state index in [0.29, 0.717) is 11.6 Å². The predicted molar refractivity (Wildman–Crippen MR) is 110 cm³/mol. The number of nitrogens with two attached hydrogens (primary N) is 1. The molecule has 0 radical (unpaired) electrons.